The fourth-order valence-corrected chi connectivity index (χ4v) is 4.30. The maximum atomic E-state index is 13.3. The molecule has 2 fully saturated rings. The smallest absolute Gasteiger partial charge is 0.317 e. The minimum atomic E-state index is -0.748. The Morgan fingerprint density at radius 3 is 2.73 bits per heavy atom. The van der Waals surface area contributed by atoms with Gasteiger partial charge in [0.2, 0.25) is 5.91 Å². The summed E-state index contributed by atoms with van der Waals surface area (Å²) in [4.78, 5) is 42.1. The molecule has 1 aromatic heterocycles. The normalized spacial score (nSPS) is 23.5. The second kappa shape index (κ2) is 7.49. The van der Waals surface area contributed by atoms with Gasteiger partial charge in [0.1, 0.15) is 11.8 Å². The van der Waals surface area contributed by atoms with Crippen LogP contribution in [-0.2, 0) is 9.53 Å². The van der Waals surface area contributed by atoms with E-state index in [2.05, 4.69) is 10.6 Å². The number of anilines is 1. The van der Waals surface area contributed by atoms with Crippen LogP contribution in [-0.4, -0.2) is 72.6 Å². The molecule has 9 heteroatoms. The number of carbonyl (C=O) groups is 3. The molecule has 4 heterocycles. The van der Waals surface area contributed by atoms with Crippen LogP contribution in [0.2, 0.25) is 0 Å². The zero-order chi connectivity index (χ0) is 20.7. The van der Waals surface area contributed by atoms with Gasteiger partial charge in [0.05, 0.1) is 36.8 Å². The molecule has 0 aliphatic carbocycles. The van der Waals surface area contributed by atoms with Crippen LogP contribution in [0.15, 0.2) is 41.0 Å². The van der Waals surface area contributed by atoms with Gasteiger partial charge in [-0.2, -0.15) is 0 Å². The number of furan rings is 1. The lowest BCUT2D eigenvalue weighted by atomic mass is 10.1. The SMILES string of the molecule is O=C1Nc2ccc(-c3ccco3)cc2C(=O)N2CC[C@H](NC(=O)N3CCOCC3)[C@@H]12. The van der Waals surface area contributed by atoms with Crippen LogP contribution < -0.4 is 10.6 Å². The van der Waals surface area contributed by atoms with Crippen LogP contribution in [0.3, 0.4) is 0 Å². The Bertz CT molecular complexity index is 983. The number of urea groups is 1. The molecule has 1 aromatic carbocycles. The molecule has 5 rings (SSSR count). The van der Waals surface area contributed by atoms with E-state index in [0.29, 0.717) is 56.3 Å². The van der Waals surface area contributed by atoms with Crippen molar-refractivity contribution in [1.82, 2.24) is 15.1 Å². The van der Waals surface area contributed by atoms with E-state index >= 15 is 0 Å². The minimum absolute atomic E-state index is 0.229. The van der Waals surface area contributed by atoms with E-state index in [1.54, 1.807) is 40.3 Å². The zero-order valence-corrected chi connectivity index (χ0v) is 16.3. The quantitative estimate of drug-likeness (QED) is 0.781. The van der Waals surface area contributed by atoms with E-state index in [0.717, 1.165) is 5.56 Å². The number of fused-ring (bicyclic) bond motifs is 2. The zero-order valence-electron chi connectivity index (χ0n) is 16.3. The summed E-state index contributed by atoms with van der Waals surface area (Å²) in [6.07, 6.45) is 2.09. The Morgan fingerprint density at radius 2 is 1.97 bits per heavy atom. The molecule has 30 heavy (non-hydrogen) atoms. The van der Waals surface area contributed by atoms with Crippen LogP contribution in [0.5, 0.6) is 0 Å². The summed E-state index contributed by atoms with van der Waals surface area (Å²) in [6.45, 7) is 2.42. The fourth-order valence-electron chi connectivity index (χ4n) is 4.30. The van der Waals surface area contributed by atoms with Gasteiger partial charge in [0.15, 0.2) is 0 Å². The number of rotatable bonds is 2. The van der Waals surface area contributed by atoms with Crippen molar-refractivity contribution in [3.8, 4) is 11.3 Å². The van der Waals surface area contributed by atoms with Gasteiger partial charge in [-0.05, 0) is 36.8 Å². The summed E-state index contributed by atoms with van der Waals surface area (Å²) in [5.41, 5.74) is 1.64. The molecule has 0 saturated carbocycles. The molecular formula is C21H22N4O5. The highest BCUT2D eigenvalue weighted by atomic mass is 16.5. The number of nitrogens with zero attached hydrogens (tertiary/aromatic N) is 2. The maximum absolute atomic E-state index is 13.3. The Labute approximate surface area is 172 Å². The summed E-state index contributed by atoms with van der Waals surface area (Å²) in [6, 6.07) is 7.43. The highest BCUT2D eigenvalue weighted by Crippen LogP contribution is 2.32. The molecule has 2 aromatic rings. The lowest BCUT2D eigenvalue weighted by Gasteiger charge is -2.30. The second-order valence-corrected chi connectivity index (χ2v) is 7.61. The molecule has 0 radical (unpaired) electrons. The maximum Gasteiger partial charge on any atom is 0.317 e. The van der Waals surface area contributed by atoms with E-state index in [1.165, 1.54) is 0 Å². The number of morpholine rings is 1. The molecule has 0 unspecified atom stereocenters. The Balaban J connectivity index is 1.39. The van der Waals surface area contributed by atoms with Gasteiger partial charge in [-0.3, -0.25) is 9.59 Å². The summed E-state index contributed by atoms with van der Waals surface area (Å²) >= 11 is 0. The van der Waals surface area contributed by atoms with Gasteiger partial charge >= 0.3 is 6.03 Å². The standard InChI is InChI=1S/C21H22N4O5/c26-19-18-16(23-21(28)24-7-10-29-11-8-24)5-6-25(18)20(27)14-12-13(3-4-15(14)22-19)17-2-1-9-30-17/h1-4,9,12,16,18H,5-8,10-11H2,(H,22,26)(H,23,28)/t16-,18-/m0/s1. The van der Waals surface area contributed by atoms with Crippen molar-refractivity contribution in [2.45, 2.75) is 18.5 Å². The summed E-state index contributed by atoms with van der Waals surface area (Å²) in [7, 11) is 0. The van der Waals surface area contributed by atoms with Crippen molar-refractivity contribution >= 4 is 23.5 Å². The van der Waals surface area contributed by atoms with Crippen LogP contribution in [0.25, 0.3) is 11.3 Å². The first-order chi connectivity index (χ1) is 14.6. The molecule has 0 bridgehead atoms. The number of ether oxygens (including phenoxy) is 1. The highest BCUT2D eigenvalue weighted by molar-refractivity contribution is 6.11. The van der Waals surface area contributed by atoms with Crippen molar-refractivity contribution in [2.75, 3.05) is 38.2 Å². The number of hydrogen-bond acceptors (Lipinski definition) is 5. The number of nitrogens with one attached hydrogen (secondary N) is 2. The topological polar surface area (TPSA) is 104 Å². The first-order valence-corrected chi connectivity index (χ1v) is 10.0. The lowest BCUT2D eigenvalue weighted by Crippen LogP contribution is -2.55. The number of carbonyl (C=O) groups excluding carboxylic acids is 3. The van der Waals surface area contributed by atoms with Gasteiger partial charge < -0.3 is 29.6 Å². The number of amides is 4. The third-order valence-corrected chi connectivity index (χ3v) is 5.85. The summed E-state index contributed by atoms with van der Waals surface area (Å²) in [5, 5.41) is 5.81. The van der Waals surface area contributed by atoms with Crippen LogP contribution in [0.1, 0.15) is 16.8 Å². The Morgan fingerprint density at radius 1 is 1.13 bits per heavy atom. The molecule has 9 nitrogen and oxygen atoms in total. The van der Waals surface area contributed by atoms with Crippen molar-refractivity contribution in [2.24, 2.45) is 0 Å². The van der Waals surface area contributed by atoms with E-state index in [4.69, 9.17) is 9.15 Å². The van der Waals surface area contributed by atoms with Crippen LogP contribution in [0, 0.1) is 0 Å². The molecular weight excluding hydrogens is 388 g/mol. The number of benzene rings is 1. The van der Waals surface area contributed by atoms with Gasteiger partial charge in [-0.1, -0.05) is 0 Å². The van der Waals surface area contributed by atoms with E-state index in [1.807, 2.05) is 6.07 Å². The minimum Gasteiger partial charge on any atom is -0.464 e. The Hall–Kier alpha value is -3.33. The third-order valence-electron chi connectivity index (χ3n) is 5.85. The van der Waals surface area contributed by atoms with E-state index in [-0.39, 0.29) is 17.8 Å². The van der Waals surface area contributed by atoms with Gasteiger partial charge in [0, 0.05) is 25.2 Å². The molecule has 0 spiro atoms. The van der Waals surface area contributed by atoms with Gasteiger partial charge in [-0.25, -0.2) is 4.79 Å². The first-order valence-electron chi connectivity index (χ1n) is 10.0. The predicted octanol–water partition coefficient (Wildman–Crippen LogP) is 1.52. The van der Waals surface area contributed by atoms with Crippen molar-refractivity contribution in [3.63, 3.8) is 0 Å². The van der Waals surface area contributed by atoms with Crippen molar-refractivity contribution in [3.05, 3.63) is 42.2 Å². The number of hydrogen-bond donors (Lipinski definition) is 2. The fraction of sp³-hybridized carbons (Fsp3) is 0.381. The monoisotopic (exact) mass is 410 g/mol. The molecule has 2 atom stereocenters. The average Bonchev–Trinajstić information content (AvgIpc) is 3.42. The summed E-state index contributed by atoms with van der Waals surface area (Å²) < 4.78 is 10.7. The van der Waals surface area contributed by atoms with Gasteiger partial charge in [0.25, 0.3) is 5.91 Å². The molecule has 2 N–H and O–H groups in total. The molecule has 3 aliphatic heterocycles. The predicted molar refractivity (Wildman–Crippen MR) is 107 cm³/mol. The third kappa shape index (κ3) is 3.21. The van der Waals surface area contributed by atoms with E-state index in [9.17, 15) is 14.4 Å². The van der Waals surface area contributed by atoms with Crippen LogP contribution in [0.4, 0.5) is 10.5 Å². The van der Waals surface area contributed by atoms with E-state index < -0.39 is 12.1 Å². The van der Waals surface area contributed by atoms with Crippen molar-refractivity contribution in [1.29, 1.82) is 0 Å². The molecule has 156 valence electrons. The molecule has 2 saturated heterocycles. The lowest BCUT2D eigenvalue weighted by molar-refractivity contribution is -0.120. The highest BCUT2D eigenvalue weighted by Gasteiger charge is 2.45. The first kappa shape index (κ1) is 18.7. The largest absolute Gasteiger partial charge is 0.464 e. The second-order valence-electron chi connectivity index (χ2n) is 7.61. The molecule has 4 amide bonds. The molecule has 3 aliphatic rings. The Kier molecular flexibility index (Phi) is 4.66. The van der Waals surface area contributed by atoms with Gasteiger partial charge in [-0.15, -0.1) is 0 Å². The summed E-state index contributed by atoms with van der Waals surface area (Å²) in [5.74, 6) is 0.123. The van der Waals surface area contributed by atoms with Crippen molar-refractivity contribution < 1.29 is 23.5 Å². The average molecular weight is 410 g/mol. The van der Waals surface area contributed by atoms with Crippen LogP contribution >= 0.6 is 0 Å².